The van der Waals surface area contributed by atoms with Crippen LogP contribution in [0.2, 0.25) is 0 Å². The first kappa shape index (κ1) is 23.3. The fraction of sp³-hybridized carbons (Fsp3) is 0.458. The predicted molar refractivity (Wildman–Crippen MR) is 128 cm³/mol. The molecule has 0 spiro atoms. The molecule has 1 fully saturated rings. The molecule has 0 aliphatic carbocycles. The largest absolute Gasteiger partial charge is 0.357 e. The van der Waals surface area contributed by atoms with Crippen LogP contribution < -0.4 is 10.0 Å². The Hall–Kier alpha value is -2.38. The van der Waals surface area contributed by atoms with Crippen molar-refractivity contribution >= 4 is 16.0 Å². The second-order valence-corrected chi connectivity index (χ2v) is 10.1. The molecule has 6 nitrogen and oxygen atoms in total. The molecule has 2 aromatic rings. The van der Waals surface area contributed by atoms with Gasteiger partial charge in [0.05, 0.1) is 12.3 Å². The molecule has 0 saturated carbocycles. The zero-order chi connectivity index (χ0) is 22.3. The van der Waals surface area contributed by atoms with E-state index in [-0.39, 0.29) is 11.8 Å². The van der Waals surface area contributed by atoms with Crippen molar-refractivity contribution in [2.75, 3.05) is 19.6 Å². The molecule has 1 unspecified atom stereocenters. The highest BCUT2D eigenvalue weighted by molar-refractivity contribution is 7.88. The lowest BCUT2D eigenvalue weighted by atomic mass is 9.99. The maximum atomic E-state index is 12.1. The Morgan fingerprint density at radius 1 is 1.10 bits per heavy atom. The van der Waals surface area contributed by atoms with Gasteiger partial charge in [-0.05, 0) is 43.9 Å². The average Bonchev–Trinajstić information content (AvgIpc) is 3.22. The lowest BCUT2D eigenvalue weighted by molar-refractivity contribution is 0.486. The minimum atomic E-state index is -3.31. The Bertz CT molecular complexity index is 957. The van der Waals surface area contributed by atoms with E-state index in [9.17, 15) is 8.42 Å². The number of nitrogens with zero attached hydrogens (tertiary/aromatic N) is 2. The lowest BCUT2D eigenvalue weighted by Crippen LogP contribution is -2.40. The van der Waals surface area contributed by atoms with Crippen molar-refractivity contribution in [1.29, 1.82) is 0 Å². The zero-order valence-corrected chi connectivity index (χ0v) is 19.5. The number of rotatable bonds is 8. The molecule has 31 heavy (non-hydrogen) atoms. The van der Waals surface area contributed by atoms with Crippen molar-refractivity contribution in [1.82, 2.24) is 14.9 Å². The maximum absolute atomic E-state index is 12.1. The number of sulfonamides is 1. The summed E-state index contributed by atoms with van der Waals surface area (Å²) in [4.78, 5) is 7.17. The van der Waals surface area contributed by atoms with Crippen LogP contribution in [0.3, 0.4) is 0 Å². The number of nitrogens with one attached hydrogen (secondary N) is 2. The van der Waals surface area contributed by atoms with Crippen LogP contribution in [0, 0.1) is 0 Å². The van der Waals surface area contributed by atoms with Crippen LogP contribution in [0.1, 0.15) is 49.8 Å². The van der Waals surface area contributed by atoms with Crippen LogP contribution in [0.4, 0.5) is 0 Å². The number of aliphatic imine (C=N–C) groups is 1. The van der Waals surface area contributed by atoms with Gasteiger partial charge in [0.15, 0.2) is 5.96 Å². The highest BCUT2D eigenvalue weighted by Crippen LogP contribution is 2.27. The zero-order valence-electron chi connectivity index (χ0n) is 18.7. The quantitative estimate of drug-likeness (QED) is 0.485. The first-order valence-electron chi connectivity index (χ1n) is 11.0. The van der Waals surface area contributed by atoms with E-state index in [1.54, 1.807) is 0 Å². The van der Waals surface area contributed by atoms with E-state index in [4.69, 9.17) is 4.99 Å². The summed E-state index contributed by atoms with van der Waals surface area (Å²) in [5.74, 6) is 1.46. The van der Waals surface area contributed by atoms with E-state index in [1.807, 2.05) is 38.1 Å². The smallest absolute Gasteiger partial charge is 0.216 e. The molecular formula is C24H34N4O2S. The van der Waals surface area contributed by atoms with Crippen LogP contribution in [0.5, 0.6) is 0 Å². The van der Waals surface area contributed by atoms with Gasteiger partial charge in [-0.2, -0.15) is 0 Å². The van der Waals surface area contributed by atoms with Crippen molar-refractivity contribution in [3.8, 4) is 0 Å². The number of hydrogen-bond donors (Lipinski definition) is 2. The first-order valence-corrected chi connectivity index (χ1v) is 12.7. The molecule has 7 heteroatoms. The molecule has 3 rings (SSSR count). The van der Waals surface area contributed by atoms with Crippen LogP contribution in [-0.4, -0.2) is 45.0 Å². The van der Waals surface area contributed by atoms with Gasteiger partial charge in [0.2, 0.25) is 10.0 Å². The molecule has 1 aliphatic rings. The standard InChI is InChI=1S/C24H34N4O2S/c1-4-25-24(28-15-14-23(17-28)22-8-6-5-7-9-22)26-16-20-10-12-21(13-11-20)18-31(29,30)27-19(2)3/h5-13,19,23,27H,4,14-18H2,1-3H3,(H,25,26). The summed E-state index contributed by atoms with van der Waals surface area (Å²) in [6, 6.07) is 18.2. The topological polar surface area (TPSA) is 73.8 Å². The lowest BCUT2D eigenvalue weighted by Gasteiger charge is -2.22. The highest BCUT2D eigenvalue weighted by atomic mass is 32.2. The number of benzene rings is 2. The van der Waals surface area contributed by atoms with E-state index in [0.717, 1.165) is 43.1 Å². The SMILES string of the molecule is CCNC(=NCc1ccc(CS(=O)(=O)NC(C)C)cc1)N1CCC(c2ccccc2)C1. The first-order chi connectivity index (χ1) is 14.9. The summed E-state index contributed by atoms with van der Waals surface area (Å²) in [5, 5.41) is 3.42. The van der Waals surface area contributed by atoms with E-state index >= 15 is 0 Å². The summed E-state index contributed by atoms with van der Waals surface area (Å²) in [6.07, 6.45) is 1.13. The molecule has 0 radical (unpaired) electrons. The van der Waals surface area contributed by atoms with Crippen LogP contribution in [0.15, 0.2) is 59.6 Å². The third-order valence-corrected chi connectivity index (χ3v) is 6.84. The van der Waals surface area contributed by atoms with E-state index in [0.29, 0.717) is 12.5 Å². The highest BCUT2D eigenvalue weighted by Gasteiger charge is 2.25. The fourth-order valence-corrected chi connectivity index (χ4v) is 5.34. The molecule has 2 N–H and O–H groups in total. The van der Waals surface area contributed by atoms with Gasteiger partial charge in [-0.3, -0.25) is 0 Å². The van der Waals surface area contributed by atoms with Crippen LogP contribution in [0.25, 0.3) is 0 Å². The van der Waals surface area contributed by atoms with Gasteiger partial charge in [0.1, 0.15) is 0 Å². The molecule has 0 aromatic heterocycles. The van der Waals surface area contributed by atoms with Gasteiger partial charge in [-0.25, -0.2) is 18.1 Å². The Morgan fingerprint density at radius 3 is 2.42 bits per heavy atom. The molecule has 1 aliphatic heterocycles. The molecule has 2 aromatic carbocycles. The Balaban J connectivity index is 1.62. The third-order valence-electron chi connectivity index (χ3n) is 5.30. The summed E-state index contributed by atoms with van der Waals surface area (Å²) in [6.45, 7) is 9.07. The van der Waals surface area contributed by atoms with Crippen molar-refractivity contribution in [3.05, 3.63) is 71.3 Å². The summed E-state index contributed by atoms with van der Waals surface area (Å²) in [5.41, 5.74) is 3.23. The van der Waals surface area contributed by atoms with E-state index < -0.39 is 10.0 Å². The monoisotopic (exact) mass is 442 g/mol. The Labute approximate surface area is 186 Å². The second-order valence-electron chi connectivity index (χ2n) is 8.36. The Kier molecular flexibility index (Phi) is 8.09. The predicted octanol–water partition coefficient (Wildman–Crippen LogP) is 3.47. The molecular weight excluding hydrogens is 408 g/mol. The van der Waals surface area contributed by atoms with E-state index in [2.05, 4.69) is 52.2 Å². The molecule has 1 saturated heterocycles. The normalized spacial score (nSPS) is 17.4. The van der Waals surface area contributed by atoms with Gasteiger partial charge in [0, 0.05) is 31.6 Å². The molecule has 1 heterocycles. The number of likely N-dealkylation sites (tertiary alicyclic amines) is 1. The van der Waals surface area contributed by atoms with Gasteiger partial charge in [0.25, 0.3) is 0 Å². The Morgan fingerprint density at radius 2 is 1.77 bits per heavy atom. The maximum Gasteiger partial charge on any atom is 0.216 e. The molecule has 0 bridgehead atoms. The van der Waals surface area contributed by atoms with Crippen LogP contribution >= 0.6 is 0 Å². The minimum Gasteiger partial charge on any atom is -0.357 e. The van der Waals surface area contributed by atoms with E-state index in [1.165, 1.54) is 5.56 Å². The summed E-state index contributed by atoms with van der Waals surface area (Å²) < 4.78 is 26.8. The van der Waals surface area contributed by atoms with Crippen molar-refractivity contribution in [2.45, 2.75) is 51.4 Å². The molecule has 1 atom stereocenters. The summed E-state index contributed by atoms with van der Waals surface area (Å²) >= 11 is 0. The van der Waals surface area contributed by atoms with Crippen molar-refractivity contribution in [3.63, 3.8) is 0 Å². The average molecular weight is 443 g/mol. The fourth-order valence-electron chi connectivity index (χ4n) is 3.90. The number of guanidine groups is 1. The minimum absolute atomic E-state index is 0.00792. The number of hydrogen-bond acceptors (Lipinski definition) is 3. The third kappa shape index (κ3) is 7.08. The van der Waals surface area contributed by atoms with Crippen molar-refractivity contribution in [2.24, 2.45) is 4.99 Å². The van der Waals surface area contributed by atoms with Gasteiger partial charge < -0.3 is 10.2 Å². The second kappa shape index (κ2) is 10.8. The summed E-state index contributed by atoms with van der Waals surface area (Å²) in [7, 11) is -3.31. The van der Waals surface area contributed by atoms with Gasteiger partial charge in [-0.15, -0.1) is 0 Å². The van der Waals surface area contributed by atoms with Crippen molar-refractivity contribution < 1.29 is 8.42 Å². The molecule has 168 valence electrons. The van der Waals surface area contributed by atoms with Crippen LogP contribution in [-0.2, 0) is 22.3 Å². The van der Waals surface area contributed by atoms with Gasteiger partial charge >= 0.3 is 0 Å². The molecule has 0 amide bonds. The van der Waals surface area contributed by atoms with Gasteiger partial charge in [-0.1, -0.05) is 54.6 Å².